The minimum atomic E-state index is 0.236. The van der Waals surface area contributed by atoms with Crippen molar-refractivity contribution < 1.29 is 4.79 Å². The van der Waals surface area contributed by atoms with E-state index < -0.39 is 0 Å². The smallest absolute Gasteiger partial charge is 0.242 e. The van der Waals surface area contributed by atoms with Gasteiger partial charge in [0.1, 0.15) is 0 Å². The molecule has 0 unspecified atom stereocenters. The predicted octanol–water partition coefficient (Wildman–Crippen LogP) is 1.97. The number of amides is 1. The summed E-state index contributed by atoms with van der Waals surface area (Å²) < 4.78 is 0. The Hall–Kier alpha value is -1.51. The number of anilines is 1. The SMILES string of the molecule is CCN1CCN(c2cccc(C)c2C)CC1=O. The van der Waals surface area contributed by atoms with Gasteiger partial charge in [-0.2, -0.15) is 0 Å². The van der Waals surface area contributed by atoms with Crippen LogP contribution in [0.1, 0.15) is 18.1 Å². The van der Waals surface area contributed by atoms with Crippen LogP contribution in [0.25, 0.3) is 0 Å². The Morgan fingerprint density at radius 2 is 2.00 bits per heavy atom. The number of hydrogen-bond donors (Lipinski definition) is 0. The van der Waals surface area contributed by atoms with Gasteiger partial charge in [0.15, 0.2) is 0 Å². The Kier molecular flexibility index (Phi) is 3.36. The van der Waals surface area contributed by atoms with Gasteiger partial charge in [-0.05, 0) is 38.0 Å². The molecule has 1 aliphatic rings. The minimum absolute atomic E-state index is 0.236. The van der Waals surface area contributed by atoms with Crippen LogP contribution in [0.2, 0.25) is 0 Å². The van der Waals surface area contributed by atoms with Gasteiger partial charge in [-0.3, -0.25) is 4.79 Å². The van der Waals surface area contributed by atoms with Gasteiger partial charge in [-0.25, -0.2) is 0 Å². The maximum absolute atomic E-state index is 11.9. The molecule has 0 spiro atoms. The van der Waals surface area contributed by atoms with Crippen LogP contribution in [-0.2, 0) is 4.79 Å². The molecular formula is C14H20N2O. The quantitative estimate of drug-likeness (QED) is 0.778. The van der Waals surface area contributed by atoms with Crippen LogP contribution >= 0.6 is 0 Å². The minimum Gasteiger partial charge on any atom is -0.360 e. The highest BCUT2D eigenvalue weighted by atomic mass is 16.2. The van der Waals surface area contributed by atoms with E-state index in [0.29, 0.717) is 6.54 Å². The van der Waals surface area contributed by atoms with Crippen molar-refractivity contribution in [1.29, 1.82) is 0 Å². The third-order valence-corrected chi connectivity index (χ3v) is 3.62. The van der Waals surface area contributed by atoms with E-state index in [0.717, 1.165) is 19.6 Å². The van der Waals surface area contributed by atoms with E-state index in [2.05, 4.69) is 36.9 Å². The molecule has 1 fully saturated rings. The van der Waals surface area contributed by atoms with Crippen molar-refractivity contribution in [3.8, 4) is 0 Å². The predicted molar refractivity (Wildman–Crippen MR) is 70.4 cm³/mol. The molecule has 1 aliphatic heterocycles. The maximum Gasteiger partial charge on any atom is 0.242 e. The Labute approximate surface area is 103 Å². The molecule has 0 N–H and O–H groups in total. The molecule has 92 valence electrons. The normalized spacial score (nSPS) is 16.5. The summed E-state index contributed by atoms with van der Waals surface area (Å²) >= 11 is 0. The van der Waals surface area contributed by atoms with Crippen LogP contribution in [0.15, 0.2) is 18.2 Å². The van der Waals surface area contributed by atoms with Crippen molar-refractivity contribution >= 4 is 11.6 Å². The van der Waals surface area contributed by atoms with E-state index in [1.165, 1.54) is 16.8 Å². The molecule has 3 nitrogen and oxygen atoms in total. The standard InChI is InChI=1S/C14H20N2O/c1-4-15-8-9-16(10-14(15)17)13-7-5-6-11(2)12(13)3/h5-7H,4,8-10H2,1-3H3. The third kappa shape index (κ3) is 2.28. The zero-order valence-electron chi connectivity index (χ0n) is 10.9. The van der Waals surface area contributed by atoms with Crippen molar-refractivity contribution in [2.24, 2.45) is 0 Å². The van der Waals surface area contributed by atoms with Crippen LogP contribution in [0.3, 0.4) is 0 Å². The zero-order chi connectivity index (χ0) is 12.4. The van der Waals surface area contributed by atoms with Crippen molar-refractivity contribution in [3.63, 3.8) is 0 Å². The van der Waals surface area contributed by atoms with Crippen molar-refractivity contribution in [3.05, 3.63) is 29.3 Å². The fourth-order valence-corrected chi connectivity index (χ4v) is 2.33. The monoisotopic (exact) mass is 232 g/mol. The lowest BCUT2D eigenvalue weighted by Crippen LogP contribution is -2.50. The average Bonchev–Trinajstić information content (AvgIpc) is 2.32. The molecular weight excluding hydrogens is 212 g/mol. The summed E-state index contributed by atoms with van der Waals surface area (Å²) in [4.78, 5) is 16.0. The van der Waals surface area contributed by atoms with Gasteiger partial charge in [0.05, 0.1) is 6.54 Å². The number of carbonyl (C=O) groups is 1. The highest BCUT2D eigenvalue weighted by Crippen LogP contribution is 2.23. The molecule has 1 aromatic carbocycles. The summed E-state index contributed by atoms with van der Waals surface area (Å²) in [5, 5.41) is 0. The first-order valence-electron chi connectivity index (χ1n) is 6.22. The van der Waals surface area contributed by atoms with Crippen molar-refractivity contribution in [2.75, 3.05) is 31.1 Å². The Balaban J connectivity index is 2.19. The molecule has 0 aliphatic carbocycles. The second-order valence-electron chi connectivity index (χ2n) is 4.61. The number of likely N-dealkylation sites (N-methyl/N-ethyl adjacent to an activating group) is 1. The third-order valence-electron chi connectivity index (χ3n) is 3.62. The van der Waals surface area contributed by atoms with E-state index >= 15 is 0 Å². The van der Waals surface area contributed by atoms with Gasteiger partial charge in [0.2, 0.25) is 5.91 Å². The summed E-state index contributed by atoms with van der Waals surface area (Å²) in [5.41, 5.74) is 3.77. The largest absolute Gasteiger partial charge is 0.360 e. The van der Waals surface area contributed by atoms with E-state index in [1.54, 1.807) is 0 Å². The molecule has 1 aromatic rings. The number of carbonyl (C=O) groups excluding carboxylic acids is 1. The zero-order valence-corrected chi connectivity index (χ0v) is 10.9. The second-order valence-corrected chi connectivity index (χ2v) is 4.61. The van der Waals surface area contributed by atoms with Gasteiger partial charge >= 0.3 is 0 Å². The number of rotatable bonds is 2. The van der Waals surface area contributed by atoms with Crippen molar-refractivity contribution in [2.45, 2.75) is 20.8 Å². The first kappa shape index (κ1) is 12.0. The van der Waals surface area contributed by atoms with Crippen LogP contribution in [-0.4, -0.2) is 37.0 Å². The second kappa shape index (κ2) is 4.78. The molecule has 2 rings (SSSR count). The molecule has 1 heterocycles. The van der Waals surface area contributed by atoms with E-state index in [4.69, 9.17) is 0 Å². The first-order chi connectivity index (χ1) is 8.13. The highest BCUT2D eigenvalue weighted by molar-refractivity contribution is 5.83. The molecule has 1 amide bonds. The van der Waals surface area contributed by atoms with Gasteiger partial charge in [-0.15, -0.1) is 0 Å². The lowest BCUT2D eigenvalue weighted by Gasteiger charge is -2.36. The van der Waals surface area contributed by atoms with Crippen LogP contribution < -0.4 is 4.90 Å². The first-order valence-corrected chi connectivity index (χ1v) is 6.22. The van der Waals surface area contributed by atoms with Crippen LogP contribution in [0.5, 0.6) is 0 Å². The number of piperazine rings is 1. The Morgan fingerprint density at radius 1 is 1.24 bits per heavy atom. The molecule has 0 saturated carbocycles. The summed E-state index contributed by atoms with van der Waals surface area (Å²) in [6.07, 6.45) is 0. The van der Waals surface area contributed by atoms with Gasteiger partial charge < -0.3 is 9.80 Å². The number of hydrogen-bond acceptors (Lipinski definition) is 2. The van der Waals surface area contributed by atoms with E-state index in [-0.39, 0.29) is 5.91 Å². The summed E-state index contributed by atoms with van der Waals surface area (Å²) in [7, 11) is 0. The average molecular weight is 232 g/mol. The summed E-state index contributed by atoms with van der Waals surface area (Å²) in [5.74, 6) is 0.236. The fourth-order valence-electron chi connectivity index (χ4n) is 2.33. The van der Waals surface area contributed by atoms with Crippen LogP contribution in [0, 0.1) is 13.8 Å². The Bertz CT molecular complexity index is 428. The topological polar surface area (TPSA) is 23.6 Å². The summed E-state index contributed by atoms with van der Waals surface area (Å²) in [6.45, 7) is 9.37. The number of nitrogens with zero attached hydrogens (tertiary/aromatic N) is 2. The van der Waals surface area contributed by atoms with E-state index in [1.807, 2.05) is 11.8 Å². The summed E-state index contributed by atoms with van der Waals surface area (Å²) in [6, 6.07) is 6.29. The fraction of sp³-hybridized carbons (Fsp3) is 0.500. The van der Waals surface area contributed by atoms with Crippen LogP contribution in [0.4, 0.5) is 5.69 Å². The molecule has 0 aromatic heterocycles. The van der Waals surface area contributed by atoms with E-state index in [9.17, 15) is 4.79 Å². The molecule has 0 radical (unpaired) electrons. The Morgan fingerprint density at radius 3 is 2.65 bits per heavy atom. The lowest BCUT2D eigenvalue weighted by molar-refractivity contribution is -0.130. The van der Waals surface area contributed by atoms with Gasteiger partial charge in [-0.1, -0.05) is 12.1 Å². The molecule has 0 atom stereocenters. The highest BCUT2D eigenvalue weighted by Gasteiger charge is 2.23. The molecule has 0 bridgehead atoms. The van der Waals surface area contributed by atoms with Crippen molar-refractivity contribution in [1.82, 2.24) is 4.90 Å². The lowest BCUT2D eigenvalue weighted by atomic mass is 10.1. The van der Waals surface area contributed by atoms with Gasteiger partial charge in [0.25, 0.3) is 0 Å². The number of aryl methyl sites for hydroxylation is 1. The molecule has 3 heteroatoms. The molecule has 1 saturated heterocycles. The maximum atomic E-state index is 11.9. The number of benzene rings is 1. The van der Waals surface area contributed by atoms with Gasteiger partial charge in [0, 0.05) is 25.3 Å². The molecule has 17 heavy (non-hydrogen) atoms.